The molecule has 0 spiro atoms. The molecule has 0 saturated carbocycles. The zero-order chi connectivity index (χ0) is 6.41. The summed E-state index contributed by atoms with van der Waals surface area (Å²) in [6.07, 6.45) is 3.49. The Morgan fingerprint density at radius 1 is 1.88 bits per heavy atom. The second kappa shape index (κ2) is 4.37. The lowest BCUT2D eigenvalue weighted by Crippen LogP contribution is -1.87. The molecule has 0 amide bonds. The van der Waals surface area contributed by atoms with Gasteiger partial charge in [0.05, 0.1) is 5.71 Å². The summed E-state index contributed by atoms with van der Waals surface area (Å²) in [6.45, 7) is 5.31. The summed E-state index contributed by atoms with van der Waals surface area (Å²) in [5, 5.41) is 11.1. The van der Waals surface area contributed by atoms with Crippen molar-refractivity contribution in [3.05, 3.63) is 12.7 Å². The molecule has 0 aliphatic rings. The van der Waals surface area contributed by atoms with E-state index in [1.807, 2.05) is 0 Å². The molecule has 0 aromatic carbocycles. The van der Waals surface area contributed by atoms with Gasteiger partial charge in [-0.3, -0.25) is 0 Å². The molecule has 0 saturated heterocycles. The van der Waals surface area contributed by atoms with Crippen molar-refractivity contribution in [2.75, 3.05) is 0 Å². The van der Waals surface area contributed by atoms with Gasteiger partial charge in [-0.25, -0.2) is 0 Å². The van der Waals surface area contributed by atoms with Gasteiger partial charge in [0.25, 0.3) is 0 Å². The van der Waals surface area contributed by atoms with E-state index < -0.39 is 0 Å². The van der Waals surface area contributed by atoms with Crippen molar-refractivity contribution in [2.45, 2.75) is 19.8 Å². The number of oxime groups is 1. The Kier molecular flexibility index (Phi) is 3.94. The van der Waals surface area contributed by atoms with Crippen LogP contribution in [0.3, 0.4) is 0 Å². The number of rotatable bonds is 3. The van der Waals surface area contributed by atoms with Crippen molar-refractivity contribution in [3.63, 3.8) is 0 Å². The Morgan fingerprint density at radius 3 is 2.88 bits per heavy atom. The van der Waals surface area contributed by atoms with Crippen LogP contribution in [0.25, 0.3) is 0 Å². The first-order valence-corrected chi connectivity index (χ1v) is 2.59. The number of hydrogen-bond donors (Lipinski definition) is 1. The van der Waals surface area contributed by atoms with Crippen LogP contribution in [0.15, 0.2) is 17.8 Å². The molecule has 8 heavy (non-hydrogen) atoms. The van der Waals surface area contributed by atoms with Crippen LogP contribution in [-0.4, -0.2) is 10.9 Å². The molecule has 0 aliphatic carbocycles. The molecule has 0 fully saturated rings. The van der Waals surface area contributed by atoms with E-state index in [-0.39, 0.29) is 0 Å². The monoisotopic (exact) mass is 113 g/mol. The minimum absolute atomic E-state index is 0.755. The predicted octanol–water partition coefficient (Wildman–Crippen LogP) is 1.80. The molecule has 0 heterocycles. The van der Waals surface area contributed by atoms with Gasteiger partial charge in [-0.15, -0.1) is 6.58 Å². The average Bonchev–Trinajstić information content (AvgIpc) is 1.83. The summed E-state index contributed by atoms with van der Waals surface area (Å²) in [4.78, 5) is 0. The van der Waals surface area contributed by atoms with Crippen LogP contribution < -0.4 is 0 Å². The van der Waals surface area contributed by atoms with Crippen LogP contribution >= 0.6 is 0 Å². The first-order valence-electron chi connectivity index (χ1n) is 2.59. The fraction of sp³-hybridized carbons (Fsp3) is 0.500. The van der Waals surface area contributed by atoms with E-state index in [0.717, 1.165) is 18.6 Å². The molecule has 0 bridgehead atoms. The summed E-state index contributed by atoms with van der Waals surface area (Å²) in [6, 6.07) is 0. The third kappa shape index (κ3) is 3.40. The fourth-order valence-electron chi connectivity index (χ4n) is 0.361. The van der Waals surface area contributed by atoms with Gasteiger partial charge in [0, 0.05) is 0 Å². The predicted molar refractivity (Wildman–Crippen MR) is 34.3 cm³/mol. The molecule has 46 valence electrons. The second-order valence-corrected chi connectivity index (χ2v) is 1.66. The van der Waals surface area contributed by atoms with Crippen molar-refractivity contribution in [1.29, 1.82) is 0 Å². The van der Waals surface area contributed by atoms with Gasteiger partial charge in [-0.2, -0.15) is 0 Å². The van der Waals surface area contributed by atoms with Crippen LogP contribution in [0.4, 0.5) is 0 Å². The Hall–Kier alpha value is -0.790. The quantitative estimate of drug-likeness (QED) is 0.257. The van der Waals surface area contributed by atoms with E-state index >= 15 is 0 Å². The standard InChI is InChI=1S/C6H11NO/c1-3-4-5-6(2)7-8/h3,8H,1,4-5H2,2H3/b7-6+. The fourth-order valence-corrected chi connectivity index (χ4v) is 0.361. The normalized spacial score (nSPS) is 11.4. The number of hydrogen-bond acceptors (Lipinski definition) is 2. The molecule has 2 heteroatoms. The number of allylic oxidation sites excluding steroid dienone is 1. The molecule has 0 radical (unpaired) electrons. The third-order valence-corrected chi connectivity index (χ3v) is 0.881. The van der Waals surface area contributed by atoms with Crippen molar-refractivity contribution in [2.24, 2.45) is 5.16 Å². The second-order valence-electron chi connectivity index (χ2n) is 1.66. The number of nitrogens with zero attached hydrogens (tertiary/aromatic N) is 1. The van der Waals surface area contributed by atoms with Crippen LogP contribution in [-0.2, 0) is 0 Å². The minimum Gasteiger partial charge on any atom is -0.411 e. The SMILES string of the molecule is C=CCC/C(C)=N/O. The molecule has 0 unspecified atom stereocenters. The first kappa shape index (κ1) is 7.21. The zero-order valence-electron chi connectivity index (χ0n) is 5.09. The van der Waals surface area contributed by atoms with Crippen LogP contribution in [0.2, 0.25) is 0 Å². The summed E-state index contributed by atoms with van der Waals surface area (Å²) >= 11 is 0. The largest absolute Gasteiger partial charge is 0.411 e. The third-order valence-electron chi connectivity index (χ3n) is 0.881. The Morgan fingerprint density at radius 2 is 2.50 bits per heavy atom. The average molecular weight is 113 g/mol. The molecule has 0 aromatic rings. The van der Waals surface area contributed by atoms with Gasteiger partial charge in [0.2, 0.25) is 0 Å². The van der Waals surface area contributed by atoms with Crippen LogP contribution in [0.5, 0.6) is 0 Å². The lowest BCUT2D eigenvalue weighted by molar-refractivity contribution is 0.317. The van der Waals surface area contributed by atoms with Gasteiger partial charge < -0.3 is 5.21 Å². The summed E-state index contributed by atoms with van der Waals surface area (Å²) < 4.78 is 0. The van der Waals surface area contributed by atoms with Gasteiger partial charge >= 0.3 is 0 Å². The highest BCUT2D eigenvalue weighted by Gasteiger charge is 1.85. The maximum Gasteiger partial charge on any atom is 0.0543 e. The highest BCUT2D eigenvalue weighted by molar-refractivity contribution is 5.81. The van der Waals surface area contributed by atoms with E-state index in [1.165, 1.54) is 0 Å². The lowest BCUT2D eigenvalue weighted by atomic mass is 10.2. The Balaban J connectivity index is 3.24. The molecular weight excluding hydrogens is 102 g/mol. The molecule has 2 nitrogen and oxygen atoms in total. The van der Waals surface area contributed by atoms with E-state index in [4.69, 9.17) is 5.21 Å². The molecule has 0 aliphatic heterocycles. The van der Waals surface area contributed by atoms with Crippen LogP contribution in [0, 0.1) is 0 Å². The van der Waals surface area contributed by atoms with Gasteiger partial charge in [0.15, 0.2) is 0 Å². The lowest BCUT2D eigenvalue weighted by Gasteiger charge is -1.89. The summed E-state index contributed by atoms with van der Waals surface area (Å²) in [5.74, 6) is 0. The Bertz CT molecular complexity index is 96.7. The van der Waals surface area contributed by atoms with E-state index in [2.05, 4.69) is 11.7 Å². The van der Waals surface area contributed by atoms with E-state index in [1.54, 1.807) is 13.0 Å². The minimum atomic E-state index is 0.755. The summed E-state index contributed by atoms with van der Waals surface area (Å²) in [7, 11) is 0. The molecular formula is C6H11NO. The van der Waals surface area contributed by atoms with E-state index in [9.17, 15) is 0 Å². The maximum absolute atomic E-state index is 8.12. The molecule has 0 atom stereocenters. The van der Waals surface area contributed by atoms with Gasteiger partial charge in [-0.1, -0.05) is 11.2 Å². The highest BCUT2D eigenvalue weighted by atomic mass is 16.4. The topological polar surface area (TPSA) is 32.6 Å². The first-order chi connectivity index (χ1) is 3.81. The maximum atomic E-state index is 8.12. The zero-order valence-corrected chi connectivity index (χ0v) is 5.09. The molecule has 0 rings (SSSR count). The van der Waals surface area contributed by atoms with Crippen LogP contribution in [0.1, 0.15) is 19.8 Å². The van der Waals surface area contributed by atoms with Crippen molar-refractivity contribution in [3.8, 4) is 0 Å². The van der Waals surface area contributed by atoms with Gasteiger partial charge in [-0.05, 0) is 19.8 Å². The Labute approximate surface area is 49.5 Å². The van der Waals surface area contributed by atoms with Crippen molar-refractivity contribution < 1.29 is 5.21 Å². The summed E-state index contributed by atoms with van der Waals surface area (Å²) in [5.41, 5.74) is 0.755. The highest BCUT2D eigenvalue weighted by Crippen LogP contribution is 1.90. The molecule has 1 N–H and O–H groups in total. The van der Waals surface area contributed by atoms with Crippen molar-refractivity contribution >= 4 is 5.71 Å². The van der Waals surface area contributed by atoms with E-state index in [0.29, 0.717) is 0 Å². The van der Waals surface area contributed by atoms with Crippen molar-refractivity contribution in [1.82, 2.24) is 0 Å². The van der Waals surface area contributed by atoms with Gasteiger partial charge in [0.1, 0.15) is 0 Å². The smallest absolute Gasteiger partial charge is 0.0543 e. The molecule has 0 aromatic heterocycles.